The number of nitrogens with zero attached hydrogens (tertiary/aromatic N) is 4. The molecule has 3 aromatic rings. The van der Waals surface area contributed by atoms with Crippen molar-refractivity contribution in [1.82, 2.24) is 20.2 Å². The third-order valence-corrected chi connectivity index (χ3v) is 5.10. The first-order chi connectivity index (χ1) is 13.5. The summed E-state index contributed by atoms with van der Waals surface area (Å²) in [5.41, 5.74) is 3.43. The Morgan fingerprint density at radius 2 is 1.96 bits per heavy atom. The van der Waals surface area contributed by atoms with E-state index in [0.29, 0.717) is 28.8 Å². The van der Waals surface area contributed by atoms with Crippen LogP contribution in [0.5, 0.6) is 11.5 Å². The molecule has 8 heteroatoms. The van der Waals surface area contributed by atoms with Gasteiger partial charge in [-0.15, -0.1) is 5.10 Å². The van der Waals surface area contributed by atoms with Crippen molar-refractivity contribution in [3.05, 3.63) is 53.1 Å². The molecule has 0 spiro atoms. The lowest BCUT2D eigenvalue weighted by atomic mass is 10.1. The van der Waals surface area contributed by atoms with Crippen molar-refractivity contribution in [3.63, 3.8) is 0 Å². The van der Waals surface area contributed by atoms with Crippen molar-refractivity contribution >= 4 is 17.5 Å². The highest BCUT2D eigenvalue weighted by Crippen LogP contribution is 2.31. The molecule has 0 aliphatic carbocycles. The second-order valence-electron chi connectivity index (χ2n) is 6.15. The lowest BCUT2D eigenvalue weighted by molar-refractivity contribution is 0.101. The van der Waals surface area contributed by atoms with E-state index >= 15 is 0 Å². The minimum atomic E-state index is 0.0172. The van der Waals surface area contributed by atoms with Crippen LogP contribution >= 0.6 is 11.8 Å². The van der Waals surface area contributed by atoms with Crippen molar-refractivity contribution in [2.45, 2.75) is 31.7 Å². The Morgan fingerprint density at radius 1 is 1.18 bits per heavy atom. The molecular weight excluding hydrogens is 376 g/mol. The van der Waals surface area contributed by atoms with Gasteiger partial charge in [0.15, 0.2) is 5.78 Å². The third kappa shape index (κ3) is 4.33. The summed E-state index contributed by atoms with van der Waals surface area (Å²) in [7, 11) is 1.62. The summed E-state index contributed by atoms with van der Waals surface area (Å²) in [4.78, 5) is 11.7. The van der Waals surface area contributed by atoms with Gasteiger partial charge in [-0.05, 0) is 67.1 Å². The van der Waals surface area contributed by atoms with E-state index in [-0.39, 0.29) is 5.78 Å². The number of hydrogen-bond acceptors (Lipinski definition) is 7. The minimum Gasteiger partial charge on any atom is -0.494 e. The summed E-state index contributed by atoms with van der Waals surface area (Å²) in [5, 5.41) is 12.7. The second-order valence-corrected chi connectivity index (χ2v) is 7.09. The van der Waals surface area contributed by atoms with Crippen LogP contribution in [0.4, 0.5) is 0 Å². The van der Waals surface area contributed by atoms with Gasteiger partial charge in [-0.3, -0.25) is 4.79 Å². The Bertz CT molecular complexity index is 987. The topological polar surface area (TPSA) is 79.1 Å². The van der Waals surface area contributed by atoms with E-state index in [9.17, 15) is 4.79 Å². The molecule has 2 aromatic carbocycles. The van der Waals surface area contributed by atoms with Crippen LogP contribution < -0.4 is 9.47 Å². The van der Waals surface area contributed by atoms with Crippen LogP contribution in [0.25, 0.3) is 5.69 Å². The third-order valence-electron chi connectivity index (χ3n) is 4.13. The number of tetrazole rings is 1. The molecule has 0 unspecified atom stereocenters. The van der Waals surface area contributed by atoms with Crippen LogP contribution in [-0.2, 0) is 5.75 Å². The number of ether oxygens (including phenoxy) is 2. The molecule has 1 aromatic heterocycles. The first-order valence-corrected chi connectivity index (χ1v) is 9.85. The zero-order valence-electron chi connectivity index (χ0n) is 16.3. The Morgan fingerprint density at radius 3 is 2.68 bits per heavy atom. The summed E-state index contributed by atoms with van der Waals surface area (Å²) in [5.74, 6) is 2.02. The number of Topliss-reactive ketones (excluding diaryl/α,β-unsaturated/α-hetero) is 1. The average molecular weight is 398 g/mol. The molecule has 3 rings (SSSR count). The predicted octanol–water partition coefficient (Wildman–Crippen LogP) is 3.87. The van der Waals surface area contributed by atoms with E-state index in [4.69, 9.17) is 9.47 Å². The van der Waals surface area contributed by atoms with Crippen molar-refractivity contribution < 1.29 is 14.3 Å². The molecule has 0 saturated carbocycles. The van der Waals surface area contributed by atoms with E-state index in [1.807, 2.05) is 44.2 Å². The molecule has 0 saturated heterocycles. The van der Waals surface area contributed by atoms with Gasteiger partial charge in [0, 0.05) is 16.9 Å². The highest BCUT2D eigenvalue weighted by Gasteiger charge is 2.15. The van der Waals surface area contributed by atoms with Gasteiger partial charge in [0.2, 0.25) is 5.16 Å². The van der Waals surface area contributed by atoms with Crippen LogP contribution in [0.1, 0.15) is 35.3 Å². The quantitative estimate of drug-likeness (QED) is 0.421. The molecule has 28 heavy (non-hydrogen) atoms. The van der Waals surface area contributed by atoms with E-state index in [0.717, 1.165) is 22.6 Å². The van der Waals surface area contributed by atoms with Gasteiger partial charge >= 0.3 is 0 Å². The molecule has 0 radical (unpaired) electrons. The molecule has 1 heterocycles. The number of aryl methyl sites for hydroxylation is 1. The molecule has 0 aliphatic heterocycles. The fourth-order valence-corrected chi connectivity index (χ4v) is 3.60. The smallest absolute Gasteiger partial charge is 0.214 e. The van der Waals surface area contributed by atoms with Crippen LogP contribution in [0.2, 0.25) is 0 Å². The van der Waals surface area contributed by atoms with Crippen LogP contribution in [-0.4, -0.2) is 39.7 Å². The molecule has 0 atom stereocenters. The van der Waals surface area contributed by atoms with Crippen molar-refractivity contribution in [1.29, 1.82) is 0 Å². The Hall–Kier alpha value is -2.87. The number of thioether (sulfide) groups is 1. The monoisotopic (exact) mass is 398 g/mol. The number of methoxy groups -OCH3 is 1. The molecule has 0 N–H and O–H groups in total. The predicted molar refractivity (Wildman–Crippen MR) is 108 cm³/mol. The number of hydrogen-bond donors (Lipinski definition) is 0. The highest BCUT2D eigenvalue weighted by atomic mass is 32.2. The van der Waals surface area contributed by atoms with E-state index in [1.165, 1.54) is 11.8 Å². The van der Waals surface area contributed by atoms with Gasteiger partial charge in [-0.2, -0.15) is 4.68 Å². The fourth-order valence-electron chi connectivity index (χ4n) is 2.74. The molecule has 7 nitrogen and oxygen atoms in total. The molecule has 0 amide bonds. The summed E-state index contributed by atoms with van der Waals surface area (Å²) < 4.78 is 12.8. The van der Waals surface area contributed by atoms with Gasteiger partial charge in [-0.1, -0.05) is 17.8 Å². The number of benzene rings is 2. The lowest BCUT2D eigenvalue weighted by Gasteiger charge is -2.12. The molecular formula is C20H22N4O3S. The maximum Gasteiger partial charge on any atom is 0.214 e. The Labute approximate surface area is 168 Å². The van der Waals surface area contributed by atoms with E-state index < -0.39 is 0 Å². The summed E-state index contributed by atoms with van der Waals surface area (Å²) in [6.07, 6.45) is 0. The number of carbonyl (C=O) groups excluding carboxylic acids is 1. The summed E-state index contributed by atoms with van der Waals surface area (Å²) in [6.45, 7) is 6.04. The Balaban J connectivity index is 1.90. The van der Waals surface area contributed by atoms with Crippen LogP contribution in [0.3, 0.4) is 0 Å². The van der Waals surface area contributed by atoms with Gasteiger partial charge in [0.25, 0.3) is 0 Å². The maximum absolute atomic E-state index is 11.7. The molecule has 0 aliphatic rings. The largest absolute Gasteiger partial charge is 0.494 e. The molecule has 0 bridgehead atoms. The minimum absolute atomic E-state index is 0.0172. The SMILES string of the molecule is CCOc1ccc(C(C)=O)cc1CSc1nnnn1-c1cc(C)ccc1OC. The molecule has 146 valence electrons. The first kappa shape index (κ1) is 19.9. The standard InChI is InChI=1S/C20H22N4O3S/c1-5-27-18-9-7-15(14(3)25)11-16(18)12-28-20-21-22-23-24(20)17-10-13(2)6-8-19(17)26-4/h6-11H,5,12H2,1-4H3. The van der Waals surface area contributed by atoms with E-state index in [2.05, 4.69) is 15.5 Å². The maximum atomic E-state index is 11.7. The Kier molecular flexibility index (Phi) is 6.30. The van der Waals surface area contributed by atoms with Crippen molar-refractivity contribution in [2.75, 3.05) is 13.7 Å². The van der Waals surface area contributed by atoms with Crippen LogP contribution in [0, 0.1) is 6.92 Å². The summed E-state index contributed by atoms with van der Waals surface area (Å²) in [6, 6.07) is 11.3. The first-order valence-electron chi connectivity index (χ1n) is 8.86. The zero-order valence-corrected chi connectivity index (χ0v) is 17.1. The summed E-state index contributed by atoms with van der Waals surface area (Å²) >= 11 is 1.47. The fraction of sp³-hybridized carbons (Fsp3) is 0.300. The normalized spacial score (nSPS) is 10.7. The average Bonchev–Trinajstić information content (AvgIpc) is 3.15. The van der Waals surface area contributed by atoms with Gasteiger partial charge in [0.05, 0.1) is 13.7 Å². The van der Waals surface area contributed by atoms with E-state index in [1.54, 1.807) is 24.8 Å². The lowest BCUT2D eigenvalue weighted by Crippen LogP contribution is -2.03. The second kappa shape index (κ2) is 8.88. The van der Waals surface area contributed by atoms with Gasteiger partial charge in [-0.25, -0.2) is 0 Å². The van der Waals surface area contributed by atoms with Crippen molar-refractivity contribution in [3.8, 4) is 17.2 Å². The van der Waals surface area contributed by atoms with Crippen LogP contribution in [0.15, 0.2) is 41.6 Å². The van der Waals surface area contributed by atoms with Gasteiger partial charge in [0.1, 0.15) is 17.2 Å². The highest BCUT2D eigenvalue weighted by molar-refractivity contribution is 7.98. The zero-order chi connectivity index (χ0) is 20.1. The number of carbonyl (C=O) groups is 1. The van der Waals surface area contributed by atoms with Crippen molar-refractivity contribution in [2.24, 2.45) is 0 Å². The number of rotatable bonds is 8. The number of aromatic nitrogens is 4. The number of ketones is 1. The molecule has 0 fully saturated rings. The van der Waals surface area contributed by atoms with Gasteiger partial charge < -0.3 is 9.47 Å².